The Morgan fingerprint density at radius 3 is 2.71 bits per heavy atom. The third-order valence-electron chi connectivity index (χ3n) is 4.91. The highest BCUT2D eigenvalue weighted by atomic mass is 16.3. The summed E-state index contributed by atoms with van der Waals surface area (Å²) in [6.45, 7) is 0. The van der Waals surface area contributed by atoms with E-state index in [0.29, 0.717) is 18.5 Å². The molecule has 2 aliphatic rings. The van der Waals surface area contributed by atoms with Crippen LogP contribution in [0.1, 0.15) is 23.2 Å². The molecule has 0 saturated carbocycles. The third-order valence-corrected chi connectivity index (χ3v) is 4.91. The Bertz CT molecular complexity index is 988. The average molecular weight is 378 g/mol. The lowest BCUT2D eigenvalue weighted by Gasteiger charge is -2.38. The molecule has 1 saturated heterocycles. The fraction of sp³-hybridized carbons (Fsp3) is 0.200. The topological polar surface area (TPSA) is 112 Å². The molecular formula is C20H18N4O4. The number of rotatable bonds is 3. The molecule has 1 aromatic carbocycles. The van der Waals surface area contributed by atoms with Crippen molar-refractivity contribution in [2.24, 2.45) is 11.8 Å². The number of nitrogens with one attached hydrogen (secondary N) is 2. The van der Waals surface area contributed by atoms with E-state index >= 15 is 0 Å². The molecule has 8 nitrogen and oxygen atoms in total. The first-order chi connectivity index (χ1) is 13.5. The summed E-state index contributed by atoms with van der Waals surface area (Å²) < 4.78 is 0. The molecule has 3 N–H and O–H groups in total. The van der Waals surface area contributed by atoms with Crippen molar-refractivity contribution in [3.05, 3.63) is 60.3 Å². The van der Waals surface area contributed by atoms with E-state index in [9.17, 15) is 19.5 Å². The van der Waals surface area contributed by atoms with Gasteiger partial charge in [0.05, 0.1) is 17.5 Å². The Kier molecular flexibility index (Phi) is 4.52. The summed E-state index contributed by atoms with van der Waals surface area (Å²) in [6, 6.07) is 9.30. The minimum atomic E-state index is -0.495. The zero-order valence-corrected chi connectivity index (χ0v) is 14.8. The second-order valence-corrected chi connectivity index (χ2v) is 6.68. The number of benzene rings is 1. The minimum absolute atomic E-state index is 0.0390. The monoisotopic (exact) mass is 378 g/mol. The van der Waals surface area contributed by atoms with Crippen molar-refractivity contribution in [3.63, 3.8) is 0 Å². The highest BCUT2D eigenvalue weighted by Crippen LogP contribution is 2.32. The Labute approximate surface area is 160 Å². The van der Waals surface area contributed by atoms with Gasteiger partial charge in [-0.3, -0.25) is 19.8 Å². The molecule has 28 heavy (non-hydrogen) atoms. The van der Waals surface area contributed by atoms with Crippen molar-refractivity contribution < 1.29 is 19.5 Å². The third kappa shape index (κ3) is 3.20. The molecule has 0 spiro atoms. The van der Waals surface area contributed by atoms with Crippen molar-refractivity contribution in [2.75, 3.05) is 10.3 Å². The summed E-state index contributed by atoms with van der Waals surface area (Å²) in [5.41, 5.74) is 3.29. The predicted octanol–water partition coefficient (Wildman–Crippen LogP) is 2.00. The number of carbonyl (C=O) groups excluding carboxylic acids is 3. The molecule has 3 amide bonds. The van der Waals surface area contributed by atoms with Crippen LogP contribution in [0, 0.1) is 11.8 Å². The van der Waals surface area contributed by atoms with Gasteiger partial charge in [-0.05, 0) is 43.2 Å². The Morgan fingerprint density at radius 1 is 1.14 bits per heavy atom. The number of nitrogens with zero attached hydrogens (tertiary/aromatic N) is 2. The summed E-state index contributed by atoms with van der Waals surface area (Å²) in [6.07, 6.45) is 6.35. The van der Waals surface area contributed by atoms with Crippen LogP contribution in [0.2, 0.25) is 0 Å². The molecule has 2 unspecified atom stereocenters. The van der Waals surface area contributed by atoms with Crippen molar-refractivity contribution in [1.29, 1.82) is 0 Å². The van der Waals surface area contributed by atoms with Gasteiger partial charge in [0, 0.05) is 11.8 Å². The quantitative estimate of drug-likeness (QED) is 0.708. The van der Waals surface area contributed by atoms with E-state index in [4.69, 9.17) is 0 Å². The largest absolute Gasteiger partial charge is 0.504 e. The van der Waals surface area contributed by atoms with Gasteiger partial charge in [-0.2, -0.15) is 0 Å². The Morgan fingerprint density at radius 2 is 1.93 bits per heavy atom. The van der Waals surface area contributed by atoms with Gasteiger partial charge in [0.25, 0.3) is 5.91 Å². The molecule has 2 atom stereocenters. The van der Waals surface area contributed by atoms with Crippen LogP contribution in [-0.2, 0) is 9.59 Å². The smallest absolute Gasteiger partial charge is 0.256 e. The molecule has 2 heterocycles. The zero-order chi connectivity index (χ0) is 19.7. The molecule has 0 radical (unpaired) electrons. The molecule has 1 aromatic heterocycles. The van der Waals surface area contributed by atoms with Crippen molar-refractivity contribution in [1.82, 2.24) is 10.4 Å². The molecule has 1 fully saturated rings. The summed E-state index contributed by atoms with van der Waals surface area (Å²) in [7, 11) is 0. The minimum Gasteiger partial charge on any atom is -0.504 e. The van der Waals surface area contributed by atoms with E-state index in [1.807, 2.05) is 12.2 Å². The average Bonchev–Trinajstić information content (AvgIpc) is 2.72. The van der Waals surface area contributed by atoms with Crippen LogP contribution in [0.25, 0.3) is 0 Å². The number of anilines is 2. The Hall–Kier alpha value is -3.68. The van der Waals surface area contributed by atoms with Gasteiger partial charge in [-0.15, -0.1) is 0 Å². The predicted molar refractivity (Wildman–Crippen MR) is 101 cm³/mol. The van der Waals surface area contributed by atoms with Gasteiger partial charge in [-0.1, -0.05) is 18.2 Å². The van der Waals surface area contributed by atoms with Crippen molar-refractivity contribution in [2.45, 2.75) is 12.8 Å². The molecule has 1 aliphatic carbocycles. The van der Waals surface area contributed by atoms with Gasteiger partial charge in [0.15, 0.2) is 11.6 Å². The standard InChI is InChI=1S/C20H18N4O4/c25-16-9-4-10-21-17(16)22-18(26)12-5-3-6-13(11-12)24-20(28)15-8-2-1-7-14(15)19(27)23-24/h1-6,9-11,14-15,25H,7-8H2,(H,23,27)(H,21,22,26). The van der Waals surface area contributed by atoms with Crippen molar-refractivity contribution >= 4 is 29.2 Å². The fourth-order valence-electron chi connectivity index (χ4n) is 3.44. The number of amides is 3. The summed E-state index contributed by atoms with van der Waals surface area (Å²) in [5, 5.41) is 13.5. The van der Waals surface area contributed by atoms with Gasteiger partial charge in [0.1, 0.15) is 0 Å². The fourth-order valence-corrected chi connectivity index (χ4v) is 3.44. The molecule has 2 aromatic rings. The summed E-state index contributed by atoms with van der Waals surface area (Å²) in [5.74, 6) is -1.77. The second kappa shape index (κ2) is 7.15. The molecule has 4 rings (SSSR count). The van der Waals surface area contributed by atoms with Crippen LogP contribution in [0.3, 0.4) is 0 Å². The summed E-state index contributed by atoms with van der Waals surface area (Å²) in [4.78, 5) is 41.7. The lowest BCUT2D eigenvalue weighted by Crippen LogP contribution is -2.59. The van der Waals surface area contributed by atoms with Gasteiger partial charge < -0.3 is 10.4 Å². The lowest BCUT2D eigenvalue weighted by molar-refractivity contribution is -0.139. The first kappa shape index (κ1) is 17.7. The van der Waals surface area contributed by atoms with Crippen LogP contribution in [-0.4, -0.2) is 27.8 Å². The molecule has 8 heteroatoms. The van der Waals surface area contributed by atoms with E-state index in [1.165, 1.54) is 23.3 Å². The molecule has 1 aliphatic heterocycles. The van der Waals surface area contributed by atoms with E-state index in [-0.39, 0.29) is 34.9 Å². The number of aromatic hydroxyl groups is 1. The number of aromatic nitrogens is 1. The van der Waals surface area contributed by atoms with Crippen LogP contribution < -0.4 is 15.8 Å². The Balaban J connectivity index is 1.57. The van der Waals surface area contributed by atoms with E-state index < -0.39 is 11.8 Å². The number of hydrogen-bond donors (Lipinski definition) is 3. The SMILES string of the molecule is O=C(Nc1ncccc1O)c1cccc(N2NC(=O)C3CC=CCC3C2=O)c1. The number of carbonyl (C=O) groups is 3. The first-order valence-corrected chi connectivity index (χ1v) is 8.89. The lowest BCUT2D eigenvalue weighted by atomic mass is 9.80. The summed E-state index contributed by atoms with van der Waals surface area (Å²) >= 11 is 0. The van der Waals surface area contributed by atoms with Gasteiger partial charge >= 0.3 is 0 Å². The maximum absolute atomic E-state index is 12.9. The van der Waals surface area contributed by atoms with E-state index in [0.717, 1.165) is 0 Å². The van der Waals surface area contributed by atoms with Crippen LogP contribution >= 0.6 is 0 Å². The highest BCUT2D eigenvalue weighted by Gasteiger charge is 2.42. The molecule has 142 valence electrons. The van der Waals surface area contributed by atoms with E-state index in [2.05, 4.69) is 15.7 Å². The highest BCUT2D eigenvalue weighted by molar-refractivity contribution is 6.07. The molecule has 0 bridgehead atoms. The van der Waals surface area contributed by atoms with Crippen LogP contribution in [0.15, 0.2) is 54.7 Å². The van der Waals surface area contributed by atoms with Gasteiger partial charge in [0.2, 0.25) is 11.8 Å². The number of pyridine rings is 1. The number of fused-ring (bicyclic) bond motifs is 1. The van der Waals surface area contributed by atoms with E-state index in [1.54, 1.807) is 24.3 Å². The maximum atomic E-state index is 12.9. The van der Waals surface area contributed by atoms with Crippen LogP contribution in [0.5, 0.6) is 5.75 Å². The van der Waals surface area contributed by atoms with Crippen LogP contribution in [0.4, 0.5) is 11.5 Å². The maximum Gasteiger partial charge on any atom is 0.256 e. The number of hydrogen-bond acceptors (Lipinski definition) is 5. The number of hydrazine groups is 1. The molecular weight excluding hydrogens is 360 g/mol. The number of allylic oxidation sites excluding steroid dienone is 2. The van der Waals surface area contributed by atoms with Gasteiger partial charge in [-0.25, -0.2) is 9.99 Å². The zero-order valence-electron chi connectivity index (χ0n) is 14.8. The van der Waals surface area contributed by atoms with Crippen molar-refractivity contribution in [3.8, 4) is 5.75 Å². The normalized spacial score (nSPS) is 21.1. The second-order valence-electron chi connectivity index (χ2n) is 6.68. The first-order valence-electron chi connectivity index (χ1n) is 8.89.